The molecule has 16 heavy (non-hydrogen) atoms. The zero-order chi connectivity index (χ0) is 13.6. The molecule has 0 spiro atoms. The van der Waals surface area contributed by atoms with Crippen molar-refractivity contribution in [3.63, 3.8) is 0 Å². The largest absolute Gasteiger partial charge is 0.458 e. The van der Waals surface area contributed by atoms with Crippen molar-refractivity contribution in [2.45, 2.75) is 65.5 Å². The minimum atomic E-state index is -1.16. The number of rotatable bonds is 4. The van der Waals surface area contributed by atoms with E-state index in [0.29, 0.717) is 0 Å². The van der Waals surface area contributed by atoms with E-state index in [-0.39, 0.29) is 0 Å². The lowest BCUT2D eigenvalue weighted by Gasteiger charge is -2.19. The summed E-state index contributed by atoms with van der Waals surface area (Å²) in [5.41, 5.74) is 0. The Bertz CT molecular complexity index is 151. The molecule has 0 atom stereocenters. The Morgan fingerprint density at radius 3 is 0.750 bits per heavy atom. The van der Waals surface area contributed by atoms with Gasteiger partial charge in [-0.15, -0.1) is 0 Å². The molecule has 0 aromatic carbocycles. The van der Waals surface area contributed by atoms with E-state index in [1.54, 1.807) is 0 Å². The second-order valence-electron chi connectivity index (χ2n) is 6.56. The van der Waals surface area contributed by atoms with Crippen molar-refractivity contribution in [3.8, 4) is 0 Å². The summed E-state index contributed by atoms with van der Waals surface area (Å²) in [7, 11) is -3.78. The highest BCUT2D eigenvalue weighted by Crippen LogP contribution is 2.04. The predicted octanol–water partition coefficient (Wildman–Crippen LogP) is 3.64. The first-order valence-corrected chi connectivity index (χ1v) is 18.6. The summed E-state index contributed by atoms with van der Waals surface area (Å²) in [5.74, 6) is 0. The van der Waals surface area contributed by atoms with Crippen LogP contribution >= 0.6 is 0 Å². The molecule has 0 aliphatic carbocycles. The molecule has 0 N–H and O–H groups in total. The van der Waals surface area contributed by atoms with E-state index >= 15 is 0 Å². The van der Waals surface area contributed by atoms with Crippen LogP contribution in [0.1, 0.15) is 0 Å². The lowest BCUT2D eigenvalue weighted by molar-refractivity contribution is 0.582. The normalized spacial score (nSPS) is 12.8. The molecule has 0 aromatic rings. The third-order valence-corrected chi connectivity index (χ3v) is 10.6. The molecule has 6 heteroatoms. The van der Waals surface area contributed by atoms with E-state index in [1.165, 1.54) is 0 Å². The Morgan fingerprint density at radius 2 is 0.750 bits per heavy atom. The average Bonchev–Trinajstić information content (AvgIpc) is 1.72. The molecule has 0 unspecified atom stereocenters. The van der Waals surface area contributed by atoms with Gasteiger partial charge in [-0.3, -0.25) is 0 Å². The van der Waals surface area contributed by atoms with Crippen molar-refractivity contribution in [2.75, 3.05) is 0 Å². The fraction of sp³-hybridized carbons (Fsp3) is 1.00. The molecule has 0 radical (unpaired) electrons. The maximum absolute atomic E-state index is 5.72. The molecule has 0 aliphatic rings. The van der Waals surface area contributed by atoms with E-state index in [0.717, 1.165) is 0 Å². The Kier molecular flexibility index (Phi) is 9.55. The molecule has 0 saturated heterocycles. The van der Waals surface area contributed by atoms with E-state index in [2.05, 4.69) is 65.5 Å². The van der Waals surface area contributed by atoms with Gasteiger partial charge >= 0.3 is 0 Å². The van der Waals surface area contributed by atoms with E-state index < -0.39 is 34.7 Å². The van der Waals surface area contributed by atoms with Crippen molar-refractivity contribution >= 4 is 34.7 Å². The van der Waals surface area contributed by atoms with Crippen molar-refractivity contribution in [3.05, 3.63) is 0 Å². The van der Waals surface area contributed by atoms with Crippen molar-refractivity contribution in [2.24, 2.45) is 0 Å². The summed E-state index contributed by atoms with van der Waals surface area (Å²) in [6.45, 7) is 22.3. The van der Waals surface area contributed by atoms with E-state index in [1.807, 2.05) is 0 Å². The third-order valence-electron chi connectivity index (χ3n) is 1.18. The van der Waals surface area contributed by atoms with Crippen LogP contribution in [0.5, 0.6) is 0 Å². The van der Waals surface area contributed by atoms with Crippen LogP contribution < -0.4 is 0 Å². The molecule has 0 rings (SSSR count). The van der Waals surface area contributed by atoms with Crippen LogP contribution in [0.15, 0.2) is 0 Å². The van der Waals surface area contributed by atoms with Crippen LogP contribution in [0.3, 0.4) is 0 Å². The quantitative estimate of drug-likeness (QED) is 0.737. The van der Waals surface area contributed by atoms with Gasteiger partial charge in [0.05, 0.1) is 0 Å². The van der Waals surface area contributed by atoms with Crippen LogP contribution in [-0.2, 0) is 8.23 Å². The summed E-state index contributed by atoms with van der Waals surface area (Å²) >= 11 is 0. The van der Waals surface area contributed by atoms with Gasteiger partial charge in [-0.2, -0.15) is 0 Å². The monoisotopic (exact) mass is 296 g/mol. The number of hydrogen-bond acceptors (Lipinski definition) is 2. The number of hydrogen-bond donors (Lipinski definition) is 0. The molecule has 0 aromatic heterocycles. The van der Waals surface area contributed by atoms with Gasteiger partial charge in [-0.25, -0.2) is 0 Å². The second kappa shape index (κ2) is 7.99. The van der Waals surface area contributed by atoms with Crippen LogP contribution in [0.25, 0.3) is 0 Å². The lowest BCUT2D eigenvalue weighted by atomic mass is 11.8. The first-order chi connectivity index (χ1) is 6.83. The second-order valence-corrected chi connectivity index (χ2v) is 21.1. The minimum Gasteiger partial charge on any atom is -0.458 e. The molecule has 0 amide bonds. The highest BCUT2D eigenvalue weighted by atomic mass is 28.4. The zero-order valence-corrected chi connectivity index (χ0v) is 17.3. The molecular formula is C10H32O2Si4. The van der Waals surface area contributed by atoms with Gasteiger partial charge in [-0.05, 0) is 65.5 Å². The summed E-state index contributed by atoms with van der Waals surface area (Å²) in [4.78, 5) is 0. The van der Waals surface area contributed by atoms with Gasteiger partial charge in [0.15, 0.2) is 34.7 Å². The van der Waals surface area contributed by atoms with Gasteiger partial charge in [0.2, 0.25) is 0 Å². The summed E-state index contributed by atoms with van der Waals surface area (Å²) in [6, 6.07) is 0. The Balaban J connectivity index is 0. The fourth-order valence-corrected chi connectivity index (χ4v) is 12.7. The highest BCUT2D eigenvalue weighted by Gasteiger charge is 2.15. The van der Waals surface area contributed by atoms with Crippen molar-refractivity contribution < 1.29 is 8.23 Å². The maximum atomic E-state index is 5.72. The predicted molar refractivity (Wildman–Crippen MR) is 86.6 cm³/mol. The Hall–Kier alpha value is 0.788. The van der Waals surface area contributed by atoms with Crippen LogP contribution in [0.4, 0.5) is 0 Å². The molecule has 0 aliphatic heterocycles. The molecule has 2 nitrogen and oxygen atoms in total. The molecular weight excluding hydrogens is 264 g/mol. The van der Waals surface area contributed by atoms with E-state index in [9.17, 15) is 0 Å². The minimum absolute atomic E-state index is 0.734. The topological polar surface area (TPSA) is 18.5 Å². The van der Waals surface area contributed by atoms with Crippen LogP contribution in [0, 0.1) is 0 Å². The average molecular weight is 297 g/mol. The van der Waals surface area contributed by atoms with Crippen LogP contribution in [0.2, 0.25) is 65.5 Å². The zero-order valence-electron chi connectivity index (χ0n) is 13.0. The van der Waals surface area contributed by atoms with Gasteiger partial charge in [0.1, 0.15) is 0 Å². The SMILES string of the molecule is C[SiH](C)O[Si](C)(C)C.C[SiH](C)O[Si](C)(C)C. The van der Waals surface area contributed by atoms with Crippen LogP contribution in [-0.4, -0.2) is 34.7 Å². The fourth-order valence-electron chi connectivity index (χ4n) is 1.41. The van der Waals surface area contributed by atoms with Gasteiger partial charge in [-0.1, -0.05) is 0 Å². The Labute approximate surface area is 108 Å². The molecule has 100 valence electrons. The van der Waals surface area contributed by atoms with Gasteiger partial charge < -0.3 is 8.23 Å². The first-order valence-electron chi connectivity index (χ1n) is 6.19. The Morgan fingerprint density at radius 1 is 0.562 bits per heavy atom. The summed E-state index contributed by atoms with van der Waals surface area (Å²) in [5, 5.41) is 0. The molecule has 0 fully saturated rings. The van der Waals surface area contributed by atoms with Crippen molar-refractivity contribution in [1.29, 1.82) is 0 Å². The maximum Gasteiger partial charge on any atom is 0.170 e. The molecule has 0 heterocycles. The molecule has 0 saturated carbocycles. The first kappa shape index (κ1) is 19.1. The summed E-state index contributed by atoms with van der Waals surface area (Å²) in [6.07, 6.45) is 0. The highest BCUT2D eigenvalue weighted by molar-refractivity contribution is 6.77. The standard InChI is InChI=1S/2C5H16OSi2/c2*1-7(2)6-8(3,4)5/h2*7H,1-5H3. The van der Waals surface area contributed by atoms with Gasteiger partial charge in [0.25, 0.3) is 0 Å². The summed E-state index contributed by atoms with van der Waals surface area (Å²) < 4.78 is 11.4. The smallest absolute Gasteiger partial charge is 0.170 e. The van der Waals surface area contributed by atoms with E-state index in [4.69, 9.17) is 8.23 Å². The van der Waals surface area contributed by atoms with Crippen molar-refractivity contribution in [1.82, 2.24) is 0 Å². The molecule has 0 bridgehead atoms. The lowest BCUT2D eigenvalue weighted by Crippen LogP contribution is -2.31. The third kappa shape index (κ3) is 24.2. The van der Waals surface area contributed by atoms with Gasteiger partial charge in [0, 0.05) is 0 Å².